The van der Waals surface area contributed by atoms with Crippen LogP contribution in [0.3, 0.4) is 0 Å². The highest BCUT2D eigenvalue weighted by atomic mass is 32.1. The maximum absolute atomic E-state index is 10.3. The molecule has 100 valence electrons. The number of hydrogen-bond donors (Lipinski definition) is 1. The summed E-state index contributed by atoms with van der Waals surface area (Å²) in [6, 6.07) is 0. The van der Waals surface area contributed by atoms with Gasteiger partial charge in [-0.2, -0.15) is 0 Å². The van der Waals surface area contributed by atoms with E-state index < -0.39 is 0 Å². The van der Waals surface area contributed by atoms with Gasteiger partial charge in [-0.05, 0) is 18.8 Å². The lowest BCUT2D eigenvalue weighted by Gasteiger charge is -2.21. The summed E-state index contributed by atoms with van der Waals surface area (Å²) in [7, 11) is 0. The van der Waals surface area contributed by atoms with Crippen LogP contribution < -0.4 is 0 Å². The molecule has 0 spiro atoms. The van der Waals surface area contributed by atoms with Crippen LogP contribution in [0.1, 0.15) is 45.2 Å². The molecule has 0 radical (unpaired) electrons. The second kappa shape index (κ2) is 6.34. The van der Waals surface area contributed by atoms with Crippen LogP contribution in [0.4, 0.5) is 0 Å². The molecule has 0 aliphatic rings. The molecule has 1 atom stereocenters. The van der Waals surface area contributed by atoms with Gasteiger partial charge in [0.2, 0.25) is 0 Å². The minimum absolute atomic E-state index is 0.255. The first-order valence-electron chi connectivity index (χ1n) is 6.83. The van der Waals surface area contributed by atoms with Crippen molar-refractivity contribution < 1.29 is 5.11 Å². The van der Waals surface area contributed by atoms with Crippen molar-refractivity contribution in [2.45, 2.75) is 52.1 Å². The summed E-state index contributed by atoms with van der Waals surface area (Å²) in [5.41, 5.74) is 1.01. The van der Waals surface area contributed by atoms with E-state index in [9.17, 15) is 5.11 Å². The Balaban J connectivity index is 2.00. The summed E-state index contributed by atoms with van der Waals surface area (Å²) < 4.78 is 2.03. The zero-order chi connectivity index (χ0) is 13.0. The van der Waals surface area contributed by atoms with Gasteiger partial charge in [-0.3, -0.25) is 4.40 Å². The molecule has 0 saturated carbocycles. The van der Waals surface area contributed by atoms with Crippen LogP contribution in [-0.2, 0) is 6.42 Å². The maximum Gasteiger partial charge on any atom is 0.193 e. The van der Waals surface area contributed by atoms with E-state index in [4.69, 9.17) is 0 Å². The maximum atomic E-state index is 10.3. The third kappa shape index (κ3) is 3.12. The number of thiazole rings is 1. The Labute approximate surface area is 112 Å². The standard InChI is InChI=1S/C14H22N2OS/c1-3-5-11(6-4-2)13(17)9-12-10-16-7-8-18-14(16)15-12/h7-8,10-11,13,17H,3-6,9H2,1-2H3. The normalized spacial score (nSPS) is 13.6. The molecular weight excluding hydrogens is 244 g/mol. The number of aromatic nitrogens is 2. The predicted molar refractivity (Wildman–Crippen MR) is 76.1 cm³/mol. The number of imidazole rings is 1. The number of aliphatic hydroxyl groups excluding tert-OH is 1. The van der Waals surface area contributed by atoms with Crippen LogP contribution in [0.5, 0.6) is 0 Å². The number of fused-ring (bicyclic) bond motifs is 1. The molecule has 2 aromatic heterocycles. The molecule has 3 nitrogen and oxygen atoms in total. The van der Waals surface area contributed by atoms with Crippen molar-refractivity contribution in [3.63, 3.8) is 0 Å². The molecule has 4 heteroatoms. The third-order valence-electron chi connectivity index (χ3n) is 3.42. The Hall–Kier alpha value is -0.870. The van der Waals surface area contributed by atoms with Crippen molar-refractivity contribution in [1.82, 2.24) is 9.38 Å². The highest BCUT2D eigenvalue weighted by Gasteiger charge is 2.19. The fourth-order valence-corrected chi connectivity index (χ4v) is 3.25. The molecule has 0 fully saturated rings. The van der Waals surface area contributed by atoms with Gasteiger partial charge in [-0.1, -0.05) is 26.7 Å². The Morgan fingerprint density at radius 2 is 2.06 bits per heavy atom. The van der Waals surface area contributed by atoms with Gasteiger partial charge in [0.05, 0.1) is 11.8 Å². The third-order valence-corrected chi connectivity index (χ3v) is 4.20. The first-order valence-corrected chi connectivity index (χ1v) is 7.71. The summed E-state index contributed by atoms with van der Waals surface area (Å²) in [4.78, 5) is 5.55. The lowest BCUT2D eigenvalue weighted by Crippen LogP contribution is -2.23. The van der Waals surface area contributed by atoms with Gasteiger partial charge in [0.1, 0.15) is 0 Å². The first-order chi connectivity index (χ1) is 8.74. The molecule has 2 rings (SSSR count). The van der Waals surface area contributed by atoms with Gasteiger partial charge in [-0.25, -0.2) is 4.98 Å². The largest absolute Gasteiger partial charge is 0.392 e. The van der Waals surface area contributed by atoms with E-state index in [1.807, 2.05) is 22.2 Å². The van der Waals surface area contributed by atoms with Crippen molar-refractivity contribution >= 4 is 16.3 Å². The van der Waals surface area contributed by atoms with Gasteiger partial charge >= 0.3 is 0 Å². The van der Waals surface area contributed by atoms with Crippen LogP contribution in [0.2, 0.25) is 0 Å². The van der Waals surface area contributed by atoms with Crippen molar-refractivity contribution in [3.8, 4) is 0 Å². The minimum atomic E-state index is -0.255. The molecular formula is C14H22N2OS. The van der Waals surface area contributed by atoms with Crippen molar-refractivity contribution in [1.29, 1.82) is 0 Å². The molecule has 0 aromatic carbocycles. The molecule has 1 unspecified atom stereocenters. The van der Waals surface area contributed by atoms with E-state index in [2.05, 4.69) is 18.8 Å². The fourth-order valence-electron chi connectivity index (χ4n) is 2.53. The van der Waals surface area contributed by atoms with Crippen LogP contribution in [-0.4, -0.2) is 20.6 Å². The average molecular weight is 266 g/mol. The molecule has 0 amide bonds. The molecule has 2 aromatic rings. The van der Waals surface area contributed by atoms with Crippen LogP contribution in [0, 0.1) is 5.92 Å². The zero-order valence-corrected chi connectivity index (χ0v) is 12.0. The lowest BCUT2D eigenvalue weighted by atomic mass is 9.90. The van der Waals surface area contributed by atoms with Crippen LogP contribution in [0.15, 0.2) is 17.8 Å². The van der Waals surface area contributed by atoms with Crippen LogP contribution >= 0.6 is 11.3 Å². The quantitative estimate of drug-likeness (QED) is 0.832. The molecule has 0 aliphatic carbocycles. The SMILES string of the molecule is CCCC(CCC)C(O)Cc1cn2ccsc2n1. The number of rotatable bonds is 7. The van der Waals surface area contributed by atoms with E-state index >= 15 is 0 Å². The number of hydrogen-bond acceptors (Lipinski definition) is 3. The molecule has 0 aliphatic heterocycles. The van der Waals surface area contributed by atoms with E-state index in [0.29, 0.717) is 12.3 Å². The minimum Gasteiger partial charge on any atom is -0.392 e. The summed E-state index contributed by atoms with van der Waals surface area (Å²) >= 11 is 1.63. The second-order valence-corrected chi connectivity index (χ2v) is 5.81. The Kier molecular flexibility index (Phi) is 4.78. The average Bonchev–Trinajstić information content (AvgIpc) is 2.89. The Bertz CT molecular complexity index is 442. The number of nitrogens with zero attached hydrogens (tertiary/aromatic N) is 2. The molecule has 1 N–H and O–H groups in total. The molecule has 0 saturated heterocycles. The summed E-state index contributed by atoms with van der Waals surface area (Å²) in [6.07, 6.45) is 8.96. The van der Waals surface area contributed by atoms with Gasteiger partial charge in [-0.15, -0.1) is 11.3 Å². The Morgan fingerprint density at radius 3 is 2.67 bits per heavy atom. The molecule has 0 bridgehead atoms. The van der Waals surface area contributed by atoms with E-state index in [-0.39, 0.29) is 6.10 Å². The van der Waals surface area contributed by atoms with E-state index in [1.165, 1.54) is 0 Å². The monoisotopic (exact) mass is 266 g/mol. The number of aliphatic hydroxyl groups is 1. The van der Waals surface area contributed by atoms with Crippen molar-refractivity contribution in [3.05, 3.63) is 23.5 Å². The van der Waals surface area contributed by atoms with Crippen LogP contribution in [0.25, 0.3) is 4.96 Å². The fraction of sp³-hybridized carbons (Fsp3) is 0.643. The highest BCUT2D eigenvalue weighted by molar-refractivity contribution is 7.15. The topological polar surface area (TPSA) is 37.5 Å². The molecule has 18 heavy (non-hydrogen) atoms. The summed E-state index contributed by atoms with van der Waals surface area (Å²) in [5.74, 6) is 0.416. The van der Waals surface area contributed by atoms with Gasteiger partial charge in [0.15, 0.2) is 4.96 Å². The zero-order valence-electron chi connectivity index (χ0n) is 11.2. The van der Waals surface area contributed by atoms with Gasteiger partial charge in [0, 0.05) is 24.2 Å². The molecule has 2 heterocycles. The van der Waals surface area contributed by atoms with Crippen molar-refractivity contribution in [2.75, 3.05) is 0 Å². The van der Waals surface area contributed by atoms with Gasteiger partial charge < -0.3 is 5.11 Å². The second-order valence-electron chi connectivity index (χ2n) is 4.93. The predicted octanol–water partition coefficient (Wildman–Crippen LogP) is 3.52. The summed E-state index contributed by atoms with van der Waals surface area (Å²) in [5, 5.41) is 12.4. The van der Waals surface area contributed by atoms with E-state index in [1.54, 1.807) is 11.3 Å². The lowest BCUT2D eigenvalue weighted by molar-refractivity contribution is 0.0956. The van der Waals surface area contributed by atoms with Crippen molar-refractivity contribution in [2.24, 2.45) is 5.92 Å². The van der Waals surface area contributed by atoms with Gasteiger partial charge in [0.25, 0.3) is 0 Å². The smallest absolute Gasteiger partial charge is 0.193 e. The summed E-state index contributed by atoms with van der Waals surface area (Å²) in [6.45, 7) is 4.37. The Morgan fingerprint density at radius 1 is 1.33 bits per heavy atom. The van der Waals surface area contributed by atoms with E-state index in [0.717, 1.165) is 36.3 Å². The highest BCUT2D eigenvalue weighted by Crippen LogP contribution is 2.21. The first kappa shape index (κ1) is 13.6.